The molecule has 0 fully saturated rings. The molecule has 114 valence electrons. The Balaban J connectivity index is 0.000000121. The number of hydrogen-bond donors (Lipinski definition) is 0. The van der Waals surface area contributed by atoms with E-state index < -0.39 is 0 Å². The third-order valence-electron chi connectivity index (χ3n) is 4.44. The summed E-state index contributed by atoms with van der Waals surface area (Å²) in [6.45, 7) is 0. The zero-order valence-corrected chi connectivity index (χ0v) is 12.9. The zero-order chi connectivity index (χ0) is 16.5. The highest BCUT2D eigenvalue weighted by Gasteiger charge is 2.15. The summed E-state index contributed by atoms with van der Waals surface area (Å²) in [4.78, 5) is 21.4. The second kappa shape index (κ2) is 5.74. The molecule has 3 bridgehead atoms. The number of rotatable bonds is 2. The van der Waals surface area contributed by atoms with Crippen molar-refractivity contribution in [3.63, 3.8) is 0 Å². The van der Waals surface area contributed by atoms with Crippen LogP contribution in [-0.4, -0.2) is 12.6 Å². The van der Waals surface area contributed by atoms with E-state index in [-0.39, 0.29) is 0 Å². The first kappa shape index (κ1) is 14.3. The first-order valence-corrected chi connectivity index (χ1v) is 7.77. The Hall–Kier alpha value is -3.26. The summed E-state index contributed by atoms with van der Waals surface area (Å²) in [5, 5.41) is 4.39. The molecule has 0 radical (unpaired) electrons. The maximum atomic E-state index is 10.8. The van der Waals surface area contributed by atoms with Crippen LogP contribution in [0.25, 0.3) is 32.7 Å². The van der Waals surface area contributed by atoms with Crippen molar-refractivity contribution in [3.05, 3.63) is 83.9 Å². The van der Waals surface area contributed by atoms with E-state index >= 15 is 0 Å². The lowest BCUT2D eigenvalue weighted by Crippen LogP contribution is -1.81. The Labute approximate surface area is 139 Å². The van der Waals surface area contributed by atoms with Crippen molar-refractivity contribution in [1.29, 1.82) is 0 Å². The molecule has 4 aromatic rings. The Morgan fingerprint density at radius 3 is 2.21 bits per heavy atom. The number of benzene rings is 4. The number of carbonyl (C=O) groups excluding carboxylic acids is 2. The first-order valence-electron chi connectivity index (χ1n) is 7.77. The maximum absolute atomic E-state index is 10.8. The predicted octanol–water partition coefficient (Wildman–Crippen LogP) is 5.29. The Kier molecular flexibility index (Phi) is 3.43. The summed E-state index contributed by atoms with van der Waals surface area (Å²) in [5.41, 5.74) is 3.86. The van der Waals surface area contributed by atoms with Crippen molar-refractivity contribution in [3.8, 4) is 11.1 Å². The highest BCUT2D eigenvalue weighted by Crippen LogP contribution is 2.37. The van der Waals surface area contributed by atoms with Crippen molar-refractivity contribution in [2.75, 3.05) is 0 Å². The maximum Gasteiger partial charge on any atom is 0.151 e. The minimum atomic E-state index is 0.758. The molecule has 1 aliphatic carbocycles. The van der Waals surface area contributed by atoms with Gasteiger partial charge in [0.05, 0.1) is 0 Å². The molecule has 0 aliphatic heterocycles. The molecule has 24 heavy (non-hydrogen) atoms. The topological polar surface area (TPSA) is 34.1 Å². The van der Waals surface area contributed by atoms with Crippen LogP contribution >= 0.6 is 0 Å². The van der Waals surface area contributed by atoms with Crippen LogP contribution in [0.4, 0.5) is 0 Å². The molecule has 1 aliphatic rings. The van der Waals surface area contributed by atoms with Crippen molar-refractivity contribution >= 4 is 34.1 Å². The molecular formula is C22H14O2. The van der Waals surface area contributed by atoms with E-state index in [0.29, 0.717) is 0 Å². The third-order valence-corrected chi connectivity index (χ3v) is 4.44. The molecule has 0 N–H and O–H groups in total. The van der Waals surface area contributed by atoms with Gasteiger partial charge in [-0.1, -0.05) is 66.7 Å². The van der Waals surface area contributed by atoms with Gasteiger partial charge in [-0.15, -0.1) is 0 Å². The quantitative estimate of drug-likeness (QED) is 0.415. The van der Waals surface area contributed by atoms with Gasteiger partial charge in [-0.3, -0.25) is 9.59 Å². The van der Waals surface area contributed by atoms with E-state index in [0.717, 1.165) is 50.8 Å². The smallest absolute Gasteiger partial charge is 0.151 e. The van der Waals surface area contributed by atoms with Crippen LogP contribution in [0.5, 0.6) is 0 Å². The minimum absolute atomic E-state index is 0.758. The molecule has 2 nitrogen and oxygen atoms in total. The van der Waals surface area contributed by atoms with Crippen LogP contribution < -0.4 is 0 Å². The van der Waals surface area contributed by atoms with E-state index in [4.69, 9.17) is 0 Å². The van der Waals surface area contributed by atoms with Gasteiger partial charge in [-0.2, -0.15) is 0 Å². The normalized spacial score (nSPS) is 10.8. The second-order valence-electron chi connectivity index (χ2n) is 5.77. The van der Waals surface area contributed by atoms with Crippen molar-refractivity contribution in [2.45, 2.75) is 0 Å². The fourth-order valence-electron chi connectivity index (χ4n) is 3.24. The average Bonchev–Trinajstić information content (AvgIpc) is 2.79. The number of aldehydes is 2. The number of fused-ring (bicyclic) bond motifs is 4. The third kappa shape index (κ3) is 2.20. The lowest BCUT2D eigenvalue weighted by Gasteiger charge is -1.98. The van der Waals surface area contributed by atoms with Gasteiger partial charge in [0.25, 0.3) is 0 Å². The fourth-order valence-corrected chi connectivity index (χ4v) is 3.24. The highest BCUT2D eigenvalue weighted by atomic mass is 16.1. The standard InChI is InChI=1S/C11H6O.C11H8O/c12-6-11-9-4-3-7-1-2-8(9)5-10(7)11;12-8-10-6-3-5-9-4-1-2-7-11(9)10/h1-6H;1-8H. The lowest BCUT2D eigenvalue weighted by molar-refractivity contribution is 0.111. The van der Waals surface area contributed by atoms with Gasteiger partial charge in [0.2, 0.25) is 0 Å². The van der Waals surface area contributed by atoms with Crippen LogP contribution in [0.3, 0.4) is 0 Å². The summed E-state index contributed by atoms with van der Waals surface area (Å²) >= 11 is 0. The Morgan fingerprint density at radius 1 is 0.625 bits per heavy atom. The molecule has 4 aromatic carbocycles. The predicted molar refractivity (Wildman–Crippen MR) is 97.7 cm³/mol. The number of carbonyl (C=O) groups is 2. The van der Waals surface area contributed by atoms with Gasteiger partial charge in [0, 0.05) is 11.1 Å². The summed E-state index contributed by atoms with van der Waals surface area (Å²) in [5.74, 6) is 0. The zero-order valence-electron chi connectivity index (χ0n) is 12.9. The summed E-state index contributed by atoms with van der Waals surface area (Å²) < 4.78 is 0. The molecule has 0 atom stereocenters. The van der Waals surface area contributed by atoms with Gasteiger partial charge in [-0.25, -0.2) is 0 Å². The molecule has 0 amide bonds. The van der Waals surface area contributed by atoms with Gasteiger partial charge < -0.3 is 0 Å². The second-order valence-corrected chi connectivity index (χ2v) is 5.77. The molecule has 0 spiro atoms. The first-order chi connectivity index (χ1) is 11.8. The van der Waals surface area contributed by atoms with E-state index in [1.54, 1.807) is 0 Å². The van der Waals surface area contributed by atoms with Crippen LogP contribution in [0.2, 0.25) is 0 Å². The van der Waals surface area contributed by atoms with Gasteiger partial charge in [-0.05, 0) is 38.7 Å². The van der Waals surface area contributed by atoms with Crippen LogP contribution in [0.15, 0.2) is 72.8 Å². The van der Waals surface area contributed by atoms with E-state index in [1.165, 1.54) is 5.56 Å². The van der Waals surface area contributed by atoms with Gasteiger partial charge >= 0.3 is 0 Å². The molecule has 5 rings (SSSR count). The van der Waals surface area contributed by atoms with Crippen LogP contribution in [-0.2, 0) is 0 Å². The minimum Gasteiger partial charge on any atom is -0.298 e. The number of hydrogen-bond acceptors (Lipinski definition) is 2. The van der Waals surface area contributed by atoms with Gasteiger partial charge in [0.1, 0.15) is 0 Å². The van der Waals surface area contributed by atoms with Crippen molar-refractivity contribution < 1.29 is 9.59 Å². The molecule has 0 aromatic heterocycles. The Bertz CT molecular complexity index is 1080. The Morgan fingerprint density at radius 2 is 1.38 bits per heavy atom. The van der Waals surface area contributed by atoms with Gasteiger partial charge in [0.15, 0.2) is 12.6 Å². The molecule has 0 unspecified atom stereocenters. The fraction of sp³-hybridized carbons (Fsp3) is 0. The summed E-state index contributed by atoms with van der Waals surface area (Å²) in [6, 6.07) is 23.9. The lowest BCUT2D eigenvalue weighted by atomic mass is 10.1. The monoisotopic (exact) mass is 310 g/mol. The molecular weight excluding hydrogens is 296 g/mol. The largest absolute Gasteiger partial charge is 0.298 e. The SMILES string of the molecule is O=Cc1c2ccc3ccc-2cc13.O=Cc1cccc2ccccc12. The van der Waals surface area contributed by atoms with Crippen molar-refractivity contribution in [2.24, 2.45) is 0 Å². The molecule has 2 heteroatoms. The van der Waals surface area contributed by atoms with Crippen LogP contribution in [0, 0.1) is 0 Å². The highest BCUT2D eigenvalue weighted by molar-refractivity contribution is 6.10. The molecule has 0 saturated carbocycles. The summed E-state index contributed by atoms with van der Waals surface area (Å²) in [6.07, 6.45) is 1.84. The van der Waals surface area contributed by atoms with E-state index in [2.05, 4.69) is 24.3 Å². The van der Waals surface area contributed by atoms with E-state index in [1.807, 2.05) is 48.5 Å². The summed E-state index contributed by atoms with van der Waals surface area (Å²) in [7, 11) is 0. The van der Waals surface area contributed by atoms with E-state index in [9.17, 15) is 9.59 Å². The molecule has 0 heterocycles. The molecule has 0 saturated heterocycles. The van der Waals surface area contributed by atoms with Crippen LogP contribution in [0.1, 0.15) is 20.7 Å². The van der Waals surface area contributed by atoms with Crippen molar-refractivity contribution in [1.82, 2.24) is 0 Å². The average molecular weight is 310 g/mol.